The summed E-state index contributed by atoms with van der Waals surface area (Å²) in [5, 5.41) is 4.30. The lowest BCUT2D eigenvalue weighted by molar-refractivity contribution is 0.575. The summed E-state index contributed by atoms with van der Waals surface area (Å²) in [7, 11) is -3.26. The zero-order valence-corrected chi connectivity index (χ0v) is 14.3. The number of aromatic nitrogens is 3. The third kappa shape index (κ3) is 3.71. The van der Waals surface area contributed by atoms with E-state index >= 15 is 0 Å². The van der Waals surface area contributed by atoms with Crippen molar-refractivity contribution in [1.82, 2.24) is 14.8 Å². The van der Waals surface area contributed by atoms with E-state index < -0.39 is 9.84 Å². The fourth-order valence-electron chi connectivity index (χ4n) is 2.55. The first-order chi connectivity index (χ1) is 11.6. The highest BCUT2D eigenvalue weighted by atomic mass is 32.2. The van der Waals surface area contributed by atoms with E-state index in [-0.39, 0.29) is 5.75 Å². The third-order valence-electron chi connectivity index (χ3n) is 3.86. The van der Waals surface area contributed by atoms with Crippen LogP contribution in [0.4, 0.5) is 0 Å². The Hall–Kier alpha value is -2.47. The van der Waals surface area contributed by atoms with Crippen molar-refractivity contribution >= 4 is 9.84 Å². The quantitative estimate of drug-likeness (QED) is 0.691. The summed E-state index contributed by atoms with van der Waals surface area (Å²) in [4.78, 5) is 4.39. The normalized spacial score (nSPS) is 11.5. The van der Waals surface area contributed by atoms with Crippen molar-refractivity contribution in [1.29, 1.82) is 0 Å². The Morgan fingerprint density at radius 1 is 0.958 bits per heavy atom. The molecule has 0 aliphatic carbocycles. The van der Waals surface area contributed by atoms with Crippen LogP contribution in [0.2, 0.25) is 0 Å². The Morgan fingerprint density at radius 2 is 1.67 bits per heavy atom. The van der Waals surface area contributed by atoms with Crippen LogP contribution < -0.4 is 0 Å². The van der Waals surface area contributed by atoms with Crippen LogP contribution in [0.15, 0.2) is 66.0 Å². The van der Waals surface area contributed by atoms with Gasteiger partial charge >= 0.3 is 0 Å². The molecule has 5 nitrogen and oxygen atoms in total. The number of nitrogens with zero attached hydrogens (tertiary/aromatic N) is 3. The van der Waals surface area contributed by atoms with Gasteiger partial charge in [-0.3, -0.25) is 9.67 Å². The number of hydrogen-bond donors (Lipinski definition) is 0. The molecule has 3 rings (SSSR count). The van der Waals surface area contributed by atoms with E-state index in [1.54, 1.807) is 30.7 Å². The molecule has 0 aliphatic rings. The average molecular weight is 341 g/mol. The maximum Gasteiger partial charge on any atom is 0.178 e. The van der Waals surface area contributed by atoms with Gasteiger partial charge < -0.3 is 0 Å². The maximum absolute atomic E-state index is 12.4. The molecule has 0 spiro atoms. The second kappa shape index (κ2) is 6.97. The Labute approximate surface area is 141 Å². The second-order valence-corrected chi connectivity index (χ2v) is 7.77. The molecule has 0 atom stereocenters. The lowest BCUT2D eigenvalue weighted by atomic mass is 10.2. The van der Waals surface area contributed by atoms with E-state index in [4.69, 9.17) is 0 Å². The number of pyridine rings is 1. The van der Waals surface area contributed by atoms with Gasteiger partial charge in [-0.25, -0.2) is 8.42 Å². The van der Waals surface area contributed by atoms with Crippen molar-refractivity contribution < 1.29 is 8.42 Å². The van der Waals surface area contributed by atoms with Gasteiger partial charge in [0.25, 0.3) is 0 Å². The first kappa shape index (κ1) is 16.4. The number of sulfone groups is 1. The summed E-state index contributed by atoms with van der Waals surface area (Å²) in [6, 6.07) is 12.7. The summed E-state index contributed by atoms with van der Waals surface area (Å²) in [5.41, 5.74) is 3.03. The molecule has 2 heterocycles. The molecule has 1 aromatic carbocycles. The van der Waals surface area contributed by atoms with Crippen LogP contribution in [-0.4, -0.2) is 28.9 Å². The number of benzene rings is 1. The third-order valence-corrected chi connectivity index (χ3v) is 5.67. The van der Waals surface area contributed by atoms with Gasteiger partial charge in [0.15, 0.2) is 9.84 Å². The molecule has 24 heavy (non-hydrogen) atoms. The minimum Gasteiger partial charge on any atom is -0.265 e. The standard InChI is InChI=1S/C18H19N3O2S/c1-15-3-5-17(6-4-15)24(22,23)14-2-13-21-18(9-12-20-21)16-7-10-19-11-8-16/h3-12H,2,13-14H2,1H3. The predicted molar refractivity (Wildman–Crippen MR) is 93.3 cm³/mol. The van der Waals surface area contributed by atoms with Crippen LogP contribution in [0.5, 0.6) is 0 Å². The lowest BCUT2D eigenvalue weighted by Crippen LogP contribution is -2.11. The van der Waals surface area contributed by atoms with Crippen molar-refractivity contribution in [2.75, 3.05) is 5.75 Å². The topological polar surface area (TPSA) is 64.8 Å². The number of aryl methyl sites for hydroxylation is 2. The summed E-state index contributed by atoms with van der Waals surface area (Å²) < 4.78 is 26.6. The van der Waals surface area contributed by atoms with Gasteiger partial charge in [0.2, 0.25) is 0 Å². The van der Waals surface area contributed by atoms with E-state index in [0.29, 0.717) is 17.9 Å². The summed E-state index contributed by atoms with van der Waals surface area (Å²) >= 11 is 0. The van der Waals surface area contributed by atoms with Crippen LogP contribution in [-0.2, 0) is 16.4 Å². The van der Waals surface area contributed by atoms with Gasteiger partial charge in [0, 0.05) is 30.7 Å². The Bertz CT molecular complexity index is 901. The monoisotopic (exact) mass is 341 g/mol. The zero-order valence-electron chi connectivity index (χ0n) is 13.5. The van der Waals surface area contributed by atoms with Crippen molar-refractivity contribution in [3.8, 4) is 11.3 Å². The van der Waals surface area contributed by atoms with Crippen LogP contribution in [0.3, 0.4) is 0 Å². The summed E-state index contributed by atoms with van der Waals surface area (Å²) in [6.45, 7) is 2.49. The largest absolute Gasteiger partial charge is 0.265 e. The van der Waals surface area contributed by atoms with E-state index in [1.165, 1.54) is 0 Å². The molecule has 0 bridgehead atoms. The molecule has 6 heteroatoms. The van der Waals surface area contributed by atoms with Gasteiger partial charge in [0.05, 0.1) is 16.3 Å². The molecule has 2 aromatic heterocycles. The molecule has 124 valence electrons. The molecule has 0 amide bonds. The first-order valence-corrected chi connectivity index (χ1v) is 9.43. The van der Waals surface area contributed by atoms with Crippen LogP contribution in [0, 0.1) is 6.92 Å². The molecular formula is C18H19N3O2S. The van der Waals surface area contributed by atoms with E-state index in [2.05, 4.69) is 10.1 Å². The number of rotatable bonds is 6. The smallest absolute Gasteiger partial charge is 0.178 e. The van der Waals surface area contributed by atoms with Crippen molar-refractivity contribution in [2.24, 2.45) is 0 Å². The van der Waals surface area contributed by atoms with Crippen LogP contribution >= 0.6 is 0 Å². The Morgan fingerprint density at radius 3 is 2.38 bits per heavy atom. The number of hydrogen-bond acceptors (Lipinski definition) is 4. The van der Waals surface area contributed by atoms with Crippen molar-refractivity contribution in [3.63, 3.8) is 0 Å². The molecule has 3 aromatic rings. The maximum atomic E-state index is 12.4. The Balaban J connectivity index is 1.67. The Kier molecular flexibility index (Phi) is 4.76. The highest BCUT2D eigenvalue weighted by Gasteiger charge is 2.14. The fraction of sp³-hybridized carbons (Fsp3) is 0.222. The van der Waals surface area contributed by atoms with Crippen molar-refractivity contribution in [2.45, 2.75) is 24.8 Å². The summed E-state index contributed by atoms with van der Waals surface area (Å²) in [6.07, 6.45) is 5.70. The molecule has 0 N–H and O–H groups in total. The van der Waals surface area contributed by atoms with Gasteiger partial charge in [-0.2, -0.15) is 5.10 Å². The molecular weight excluding hydrogens is 322 g/mol. The second-order valence-electron chi connectivity index (χ2n) is 5.66. The molecule has 0 aliphatic heterocycles. The van der Waals surface area contributed by atoms with Gasteiger partial charge in [-0.05, 0) is 43.7 Å². The molecule has 0 unspecified atom stereocenters. The average Bonchev–Trinajstić information content (AvgIpc) is 3.04. The van der Waals surface area contributed by atoms with Crippen molar-refractivity contribution in [3.05, 3.63) is 66.6 Å². The molecule has 0 saturated carbocycles. The van der Waals surface area contributed by atoms with Gasteiger partial charge in [-0.1, -0.05) is 17.7 Å². The SMILES string of the molecule is Cc1ccc(S(=O)(=O)CCCn2nccc2-c2ccncc2)cc1. The van der Waals surface area contributed by atoms with Crippen LogP contribution in [0.1, 0.15) is 12.0 Å². The highest BCUT2D eigenvalue weighted by Crippen LogP contribution is 2.19. The minimum absolute atomic E-state index is 0.103. The lowest BCUT2D eigenvalue weighted by Gasteiger charge is -2.08. The molecule has 0 radical (unpaired) electrons. The molecule has 0 saturated heterocycles. The predicted octanol–water partition coefficient (Wildman–Crippen LogP) is 3.12. The highest BCUT2D eigenvalue weighted by molar-refractivity contribution is 7.91. The first-order valence-electron chi connectivity index (χ1n) is 7.78. The van der Waals surface area contributed by atoms with E-state index in [0.717, 1.165) is 16.8 Å². The van der Waals surface area contributed by atoms with E-state index in [9.17, 15) is 8.42 Å². The summed E-state index contributed by atoms with van der Waals surface area (Å²) in [5.74, 6) is 0.103. The van der Waals surface area contributed by atoms with Crippen LogP contribution in [0.25, 0.3) is 11.3 Å². The van der Waals surface area contributed by atoms with E-state index in [1.807, 2.05) is 41.9 Å². The zero-order chi connectivity index (χ0) is 17.0. The van der Waals surface area contributed by atoms with Gasteiger partial charge in [0.1, 0.15) is 0 Å². The minimum atomic E-state index is -3.26. The molecule has 0 fully saturated rings. The fourth-order valence-corrected chi connectivity index (χ4v) is 3.84. The van der Waals surface area contributed by atoms with Gasteiger partial charge in [-0.15, -0.1) is 0 Å².